The van der Waals surface area contributed by atoms with E-state index in [1.54, 1.807) is 0 Å². The molecule has 0 atom stereocenters. The number of nitrogens with zero attached hydrogens (tertiary/aromatic N) is 1. The Hall–Kier alpha value is -8.20. The normalized spacial score (nSPS) is 12.9. The molecular formula is C61H39NO. The van der Waals surface area contributed by atoms with Gasteiger partial charge >= 0.3 is 0 Å². The highest BCUT2D eigenvalue weighted by molar-refractivity contribution is 6.10. The quantitative estimate of drug-likeness (QED) is 0.167. The Balaban J connectivity index is 0.956. The third kappa shape index (κ3) is 5.32. The summed E-state index contributed by atoms with van der Waals surface area (Å²) in [7, 11) is 0. The van der Waals surface area contributed by atoms with E-state index in [-0.39, 0.29) is 0 Å². The van der Waals surface area contributed by atoms with Crippen LogP contribution >= 0.6 is 0 Å². The van der Waals surface area contributed by atoms with Gasteiger partial charge in [-0.1, -0.05) is 188 Å². The number of rotatable bonds is 6. The molecule has 2 aliphatic carbocycles. The number of hydrogen-bond acceptors (Lipinski definition) is 2. The number of furan rings is 1. The van der Waals surface area contributed by atoms with Crippen molar-refractivity contribution in [2.24, 2.45) is 0 Å². The summed E-state index contributed by atoms with van der Waals surface area (Å²) in [5.74, 6) is 0. The average Bonchev–Trinajstić information content (AvgIpc) is 3.99. The first-order valence-corrected chi connectivity index (χ1v) is 21.7. The first-order chi connectivity index (χ1) is 31.2. The van der Waals surface area contributed by atoms with E-state index < -0.39 is 5.41 Å². The highest BCUT2D eigenvalue weighted by atomic mass is 16.3. The van der Waals surface area contributed by atoms with Crippen LogP contribution in [-0.2, 0) is 5.41 Å². The van der Waals surface area contributed by atoms with Gasteiger partial charge in [-0.05, 0) is 121 Å². The topological polar surface area (TPSA) is 16.4 Å². The van der Waals surface area contributed by atoms with Crippen molar-refractivity contribution in [1.29, 1.82) is 0 Å². The maximum atomic E-state index is 6.53. The zero-order valence-electron chi connectivity index (χ0n) is 34.4. The van der Waals surface area contributed by atoms with Gasteiger partial charge in [-0.2, -0.15) is 0 Å². The second-order valence-corrected chi connectivity index (χ2v) is 16.8. The standard InChI is InChI=1S/C61H39NO/c1-3-14-40(15-4-1)41-26-31-45(32-27-41)62(46-33-28-42(29-34-46)44-30-37-59-54(38-44)53-22-13-21-48(60(53)63-59)43-16-5-2-6-17-43)47-35-36-52-51-20-9-12-25-57(51)61(58(52)39-47)55-23-10-7-18-49(55)50-19-8-11-24-56(50)61/h1-39H. The largest absolute Gasteiger partial charge is 0.455 e. The predicted octanol–water partition coefficient (Wildman–Crippen LogP) is 16.4. The van der Waals surface area contributed by atoms with Crippen molar-refractivity contribution in [3.63, 3.8) is 0 Å². The van der Waals surface area contributed by atoms with Crippen molar-refractivity contribution in [3.8, 4) is 55.6 Å². The summed E-state index contributed by atoms with van der Waals surface area (Å²) in [5.41, 5.74) is 22.2. The molecule has 13 rings (SSSR count). The van der Waals surface area contributed by atoms with Crippen molar-refractivity contribution in [2.75, 3.05) is 4.90 Å². The Morgan fingerprint density at radius 2 is 0.746 bits per heavy atom. The monoisotopic (exact) mass is 801 g/mol. The molecule has 0 aliphatic heterocycles. The van der Waals surface area contributed by atoms with Crippen LogP contribution in [0.2, 0.25) is 0 Å². The Labute approximate surface area is 366 Å². The molecule has 0 N–H and O–H groups in total. The van der Waals surface area contributed by atoms with E-state index in [2.05, 4.69) is 241 Å². The minimum Gasteiger partial charge on any atom is -0.455 e. The van der Waals surface area contributed by atoms with Crippen molar-refractivity contribution in [2.45, 2.75) is 5.41 Å². The minimum absolute atomic E-state index is 0.431. The van der Waals surface area contributed by atoms with Crippen LogP contribution in [-0.4, -0.2) is 0 Å². The van der Waals surface area contributed by atoms with Crippen LogP contribution in [0.1, 0.15) is 22.3 Å². The molecule has 0 bridgehead atoms. The van der Waals surface area contributed by atoms with Gasteiger partial charge in [0, 0.05) is 33.4 Å². The second kappa shape index (κ2) is 13.9. The Bertz CT molecular complexity index is 3480. The lowest BCUT2D eigenvalue weighted by molar-refractivity contribution is 0.670. The molecular weight excluding hydrogens is 763 g/mol. The van der Waals surface area contributed by atoms with Crippen LogP contribution in [0.3, 0.4) is 0 Å². The molecule has 1 heterocycles. The molecule has 2 heteroatoms. The van der Waals surface area contributed by atoms with Gasteiger partial charge in [0.15, 0.2) is 0 Å². The van der Waals surface area contributed by atoms with Crippen LogP contribution in [0, 0.1) is 0 Å². The lowest BCUT2D eigenvalue weighted by Gasteiger charge is -2.32. The molecule has 11 aromatic rings. The average molecular weight is 802 g/mol. The zero-order chi connectivity index (χ0) is 41.5. The lowest BCUT2D eigenvalue weighted by Crippen LogP contribution is -2.26. The van der Waals surface area contributed by atoms with E-state index in [0.29, 0.717) is 0 Å². The summed E-state index contributed by atoms with van der Waals surface area (Å²) in [5, 5.41) is 2.24. The van der Waals surface area contributed by atoms with Crippen LogP contribution in [0.15, 0.2) is 241 Å². The SMILES string of the molecule is c1ccc(-c2ccc(N(c3ccc(-c4ccc5oc6c(-c7ccccc7)cccc6c5c4)cc3)c3ccc4c(c3)C3(c5ccccc5-c5ccccc53)c3ccccc3-4)cc2)cc1. The fourth-order valence-electron chi connectivity index (χ4n) is 10.7. The molecule has 0 unspecified atom stereocenters. The Kier molecular flexibility index (Phi) is 7.85. The smallest absolute Gasteiger partial charge is 0.143 e. The summed E-state index contributed by atoms with van der Waals surface area (Å²) in [6, 6.07) is 86.4. The molecule has 0 fully saturated rings. The minimum atomic E-state index is -0.431. The molecule has 63 heavy (non-hydrogen) atoms. The molecule has 1 spiro atoms. The summed E-state index contributed by atoms with van der Waals surface area (Å²) in [4.78, 5) is 2.42. The van der Waals surface area contributed by atoms with Crippen LogP contribution in [0.25, 0.3) is 77.6 Å². The van der Waals surface area contributed by atoms with Crippen molar-refractivity contribution in [3.05, 3.63) is 259 Å². The molecule has 1 aromatic heterocycles. The molecule has 294 valence electrons. The van der Waals surface area contributed by atoms with Gasteiger partial charge in [0.25, 0.3) is 0 Å². The van der Waals surface area contributed by atoms with Crippen LogP contribution in [0.5, 0.6) is 0 Å². The molecule has 0 amide bonds. The number of benzene rings is 10. The molecule has 2 aliphatic rings. The highest BCUT2D eigenvalue weighted by Gasteiger charge is 2.51. The van der Waals surface area contributed by atoms with E-state index in [4.69, 9.17) is 4.42 Å². The molecule has 0 saturated heterocycles. The van der Waals surface area contributed by atoms with Crippen LogP contribution < -0.4 is 4.90 Å². The van der Waals surface area contributed by atoms with Gasteiger partial charge in [-0.15, -0.1) is 0 Å². The van der Waals surface area contributed by atoms with Gasteiger partial charge in [-0.3, -0.25) is 0 Å². The van der Waals surface area contributed by atoms with Crippen molar-refractivity contribution < 1.29 is 4.42 Å². The van der Waals surface area contributed by atoms with Gasteiger partial charge in [0.1, 0.15) is 11.2 Å². The molecule has 0 radical (unpaired) electrons. The predicted molar refractivity (Wildman–Crippen MR) is 261 cm³/mol. The second-order valence-electron chi connectivity index (χ2n) is 16.8. The summed E-state index contributed by atoms with van der Waals surface area (Å²) in [6.45, 7) is 0. The fourth-order valence-corrected chi connectivity index (χ4v) is 10.7. The van der Waals surface area contributed by atoms with E-state index in [1.807, 2.05) is 0 Å². The maximum Gasteiger partial charge on any atom is 0.143 e. The number of para-hydroxylation sites is 1. The Morgan fingerprint density at radius 3 is 1.35 bits per heavy atom. The van der Waals surface area contributed by atoms with Gasteiger partial charge in [-0.25, -0.2) is 0 Å². The van der Waals surface area contributed by atoms with E-state index in [0.717, 1.165) is 61.3 Å². The van der Waals surface area contributed by atoms with Crippen molar-refractivity contribution in [1.82, 2.24) is 0 Å². The number of hydrogen-bond donors (Lipinski definition) is 0. The molecule has 10 aromatic carbocycles. The summed E-state index contributed by atoms with van der Waals surface area (Å²) < 4.78 is 6.53. The number of fused-ring (bicyclic) bond motifs is 13. The first kappa shape index (κ1) is 35.5. The van der Waals surface area contributed by atoms with Crippen LogP contribution in [0.4, 0.5) is 17.1 Å². The van der Waals surface area contributed by atoms with E-state index >= 15 is 0 Å². The van der Waals surface area contributed by atoms with E-state index in [1.165, 1.54) is 55.6 Å². The van der Waals surface area contributed by atoms with Gasteiger partial charge < -0.3 is 9.32 Å². The fraction of sp³-hybridized carbons (Fsp3) is 0.0164. The Morgan fingerprint density at radius 1 is 0.286 bits per heavy atom. The summed E-state index contributed by atoms with van der Waals surface area (Å²) in [6.07, 6.45) is 0. The lowest BCUT2D eigenvalue weighted by atomic mass is 9.70. The summed E-state index contributed by atoms with van der Waals surface area (Å²) >= 11 is 0. The molecule has 2 nitrogen and oxygen atoms in total. The zero-order valence-corrected chi connectivity index (χ0v) is 34.4. The van der Waals surface area contributed by atoms with Gasteiger partial charge in [0.05, 0.1) is 5.41 Å². The highest BCUT2D eigenvalue weighted by Crippen LogP contribution is 2.63. The number of anilines is 3. The van der Waals surface area contributed by atoms with E-state index in [9.17, 15) is 0 Å². The third-order valence-electron chi connectivity index (χ3n) is 13.5. The third-order valence-corrected chi connectivity index (χ3v) is 13.5. The molecule has 0 saturated carbocycles. The first-order valence-electron chi connectivity index (χ1n) is 21.7. The van der Waals surface area contributed by atoms with Crippen molar-refractivity contribution >= 4 is 39.0 Å². The van der Waals surface area contributed by atoms with Gasteiger partial charge in [0.2, 0.25) is 0 Å². The maximum absolute atomic E-state index is 6.53.